The molecule has 0 radical (unpaired) electrons. The molecule has 2 aromatic carbocycles. The van der Waals surface area contributed by atoms with Crippen molar-refractivity contribution in [3.8, 4) is 0 Å². The van der Waals surface area contributed by atoms with Crippen molar-refractivity contribution < 1.29 is 4.79 Å². The van der Waals surface area contributed by atoms with E-state index in [9.17, 15) is 4.79 Å². The molecule has 0 aliphatic rings. The Bertz CT molecular complexity index is 783. The average Bonchev–Trinajstić information content (AvgIpc) is 3.08. The number of amides is 1. The van der Waals surface area contributed by atoms with Crippen LogP contribution in [0.3, 0.4) is 0 Å². The first-order valence-corrected chi connectivity index (χ1v) is 9.92. The highest BCUT2D eigenvalue weighted by Crippen LogP contribution is 2.20. The van der Waals surface area contributed by atoms with E-state index in [0.717, 1.165) is 35.5 Å². The Balaban J connectivity index is 1.66. The summed E-state index contributed by atoms with van der Waals surface area (Å²) >= 11 is 1.78. The van der Waals surface area contributed by atoms with Gasteiger partial charge >= 0.3 is 0 Å². The first-order valence-electron chi connectivity index (χ1n) is 8.53. The number of aromatic nitrogens is 2. The summed E-state index contributed by atoms with van der Waals surface area (Å²) in [6.07, 6.45) is 4.17. The van der Waals surface area contributed by atoms with Gasteiger partial charge in [-0.15, -0.1) is 0 Å². The average molecular weight is 353 g/mol. The van der Waals surface area contributed by atoms with Crippen molar-refractivity contribution in [3.05, 3.63) is 66.0 Å². The topological polar surface area (TPSA) is 57.8 Å². The lowest BCUT2D eigenvalue weighted by Gasteiger charge is -2.16. The minimum Gasteiger partial charge on any atom is -0.346 e. The van der Waals surface area contributed by atoms with E-state index in [0.29, 0.717) is 6.42 Å². The Morgan fingerprint density at radius 1 is 1.16 bits per heavy atom. The Morgan fingerprint density at radius 3 is 2.68 bits per heavy atom. The van der Waals surface area contributed by atoms with E-state index < -0.39 is 0 Å². The molecule has 0 aliphatic heterocycles. The van der Waals surface area contributed by atoms with Crippen LogP contribution in [0.2, 0.25) is 0 Å². The van der Waals surface area contributed by atoms with Crippen LogP contribution in [0.25, 0.3) is 11.0 Å². The number of aromatic amines is 1. The van der Waals surface area contributed by atoms with E-state index in [1.54, 1.807) is 11.8 Å². The molecular weight excluding hydrogens is 330 g/mol. The van der Waals surface area contributed by atoms with Gasteiger partial charge in [-0.1, -0.05) is 42.5 Å². The first kappa shape index (κ1) is 17.5. The minimum atomic E-state index is -0.0804. The summed E-state index contributed by atoms with van der Waals surface area (Å²) in [5.41, 5.74) is 3.12. The number of nitrogens with one attached hydrogen (secondary N) is 2. The highest BCUT2D eigenvalue weighted by molar-refractivity contribution is 7.98. The fourth-order valence-corrected chi connectivity index (χ4v) is 3.29. The third-order valence-electron chi connectivity index (χ3n) is 4.17. The van der Waals surface area contributed by atoms with Crippen LogP contribution >= 0.6 is 11.8 Å². The second-order valence-corrected chi connectivity index (χ2v) is 7.01. The molecular formula is C20H23N3OS. The number of imidazole rings is 1. The molecule has 3 aromatic rings. The monoisotopic (exact) mass is 353 g/mol. The molecule has 5 heteroatoms. The predicted octanol–water partition coefficient (Wildman–Crippen LogP) is 4.11. The molecule has 1 atom stereocenters. The zero-order valence-corrected chi connectivity index (χ0v) is 15.2. The van der Waals surface area contributed by atoms with Crippen LogP contribution in [0, 0.1) is 0 Å². The molecule has 1 heterocycles. The van der Waals surface area contributed by atoms with Crippen molar-refractivity contribution in [3.63, 3.8) is 0 Å². The van der Waals surface area contributed by atoms with Gasteiger partial charge in [0.25, 0.3) is 0 Å². The number of carbonyl (C=O) groups is 1. The predicted molar refractivity (Wildman–Crippen MR) is 105 cm³/mol. The molecule has 0 saturated carbocycles. The van der Waals surface area contributed by atoms with Gasteiger partial charge in [0, 0.05) is 6.42 Å². The first-order chi connectivity index (χ1) is 12.3. The van der Waals surface area contributed by atoms with Gasteiger partial charge in [-0.25, -0.2) is 4.98 Å². The molecule has 0 fully saturated rings. The van der Waals surface area contributed by atoms with Crippen LogP contribution in [-0.2, 0) is 11.2 Å². The number of para-hydroxylation sites is 2. The summed E-state index contributed by atoms with van der Waals surface area (Å²) in [7, 11) is 0. The van der Waals surface area contributed by atoms with E-state index in [1.165, 1.54) is 5.56 Å². The molecule has 1 aromatic heterocycles. The van der Waals surface area contributed by atoms with Crippen molar-refractivity contribution in [1.29, 1.82) is 0 Å². The molecule has 2 N–H and O–H groups in total. The number of thioether (sulfide) groups is 1. The van der Waals surface area contributed by atoms with E-state index in [2.05, 4.69) is 33.7 Å². The molecule has 0 aliphatic carbocycles. The maximum atomic E-state index is 12.4. The summed E-state index contributed by atoms with van der Waals surface area (Å²) in [4.78, 5) is 20.4. The fourth-order valence-electron chi connectivity index (χ4n) is 2.82. The maximum absolute atomic E-state index is 12.4. The molecule has 25 heavy (non-hydrogen) atoms. The van der Waals surface area contributed by atoms with E-state index in [4.69, 9.17) is 0 Å². The molecule has 3 rings (SSSR count). The number of rotatable bonds is 8. The molecule has 4 nitrogen and oxygen atoms in total. The summed E-state index contributed by atoms with van der Waals surface area (Å²) in [5.74, 6) is 1.87. The van der Waals surface area contributed by atoms with Crippen LogP contribution in [0.1, 0.15) is 30.3 Å². The van der Waals surface area contributed by atoms with Crippen LogP contribution in [0.15, 0.2) is 54.6 Å². The zero-order chi connectivity index (χ0) is 17.5. The lowest BCUT2D eigenvalue weighted by Crippen LogP contribution is -2.30. The van der Waals surface area contributed by atoms with Crippen molar-refractivity contribution in [2.45, 2.75) is 25.3 Å². The van der Waals surface area contributed by atoms with Crippen LogP contribution in [0.5, 0.6) is 0 Å². The molecule has 1 amide bonds. The fraction of sp³-hybridized carbons (Fsp3) is 0.300. The smallest absolute Gasteiger partial charge is 0.220 e. The quantitative estimate of drug-likeness (QED) is 0.641. The number of fused-ring (bicyclic) bond motifs is 1. The van der Waals surface area contributed by atoms with E-state index in [1.807, 2.05) is 42.5 Å². The van der Waals surface area contributed by atoms with Crippen molar-refractivity contribution in [2.24, 2.45) is 0 Å². The van der Waals surface area contributed by atoms with Crippen LogP contribution in [-0.4, -0.2) is 27.9 Å². The standard InChI is InChI=1S/C20H23N3OS/c1-25-14-13-18(20-22-16-9-5-6-10-17(16)23-20)21-19(24)12-11-15-7-3-2-4-8-15/h2-10,18H,11-14H2,1H3,(H,21,24)(H,22,23)/t18-/m1/s1. The number of hydrogen-bond acceptors (Lipinski definition) is 3. The number of aryl methyl sites for hydroxylation is 1. The third-order valence-corrected chi connectivity index (χ3v) is 4.81. The van der Waals surface area contributed by atoms with Crippen molar-refractivity contribution in [1.82, 2.24) is 15.3 Å². The van der Waals surface area contributed by atoms with Crippen LogP contribution in [0.4, 0.5) is 0 Å². The summed E-state index contributed by atoms with van der Waals surface area (Å²) in [6, 6.07) is 18.0. The van der Waals surface area contributed by atoms with Crippen LogP contribution < -0.4 is 5.32 Å². The van der Waals surface area contributed by atoms with Gasteiger partial charge in [0.1, 0.15) is 5.82 Å². The highest BCUT2D eigenvalue weighted by atomic mass is 32.2. The Morgan fingerprint density at radius 2 is 1.92 bits per heavy atom. The lowest BCUT2D eigenvalue weighted by atomic mass is 10.1. The van der Waals surface area contributed by atoms with E-state index >= 15 is 0 Å². The Hall–Kier alpha value is -2.27. The van der Waals surface area contributed by atoms with Gasteiger partial charge in [0.2, 0.25) is 5.91 Å². The zero-order valence-electron chi connectivity index (χ0n) is 14.4. The summed E-state index contributed by atoms with van der Waals surface area (Å²) < 4.78 is 0. The third kappa shape index (κ3) is 4.86. The number of H-pyrrole nitrogens is 1. The van der Waals surface area contributed by atoms with E-state index in [-0.39, 0.29) is 11.9 Å². The molecule has 0 unspecified atom stereocenters. The second-order valence-electron chi connectivity index (χ2n) is 6.03. The van der Waals surface area contributed by atoms with Crippen molar-refractivity contribution >= 4 is 28.7 Å². The SMILES string of the molecule is CSCC[C@@H](NC(=O)CCc1ccccc1)c1nc2ccccc2[nH]1. The second kappa shape index (κ2) is 8.72. The lowest BCUT2D eigenvalue weighted by molar-refractivity contribution is -0.121. The molecule has 0 saturated heterocycles. The Labute approximate surface area is 152 Å². The van der Waals surface area contributed by atoms with Crippen molar-refractivity contribution in [2.75, 3.05) is 12.0 Å². The largest absolute Gasteiger partial charge is 0.346 e. The normalized spacial score (nSPS) is 12.2. The summed E-state index contributed by atoms with van der Waals surface area (Å²) in [5, 5.41) is 3.15. The molecule has 0 bridgehead atoms. The van der Waals surface area contributed by atoms with Gasteiger partial charge in [-0.3, -0.25) is 4.79 Å². The molecule has 130 valence electrons. The number of carbonyl (C=O) groups excluding carboxylic acids is 1. The summed E-state index contributed by atoms with van der Waals surface area (Å²) in [6.45, 7) is 0. The van der Waals surface area contributed by atoms with Gasteiger partial charge in [0.15, 0.2) is 0 Å². The number of benzene rings is 2. The maximum Gasteiger partial charge on any atom is 0.220 e. The van der Waals surface area contributed by atoms with Gasteiger partial charge in [-0.2, -0.15) is 11.8 Å². The van der Waals surface area contributed by atoms with Gasteiger partial charge < -0.3 is 10.3 Å². The van der Waals surface area contributed by atoms with Gasteiger partial charge in [-0.05, 0) is 42.5 Å². The Kier molecular flexibility index (Phi) is 6.12. The molecule has 0 spiro atoms. The van der Waals surface area contributed by atoms with Gasteiger partial charge in [0.05, 0.1) is 17.1 Å². The highest BCUT2D eigenvalue weighted by Gasteiger charge is 2.18. The minimum absolute atomic E-state index is 0.0652. The number of hydrogen-bond donors (Lipinski definition) is 2. The number of nitrogens with zero attached hydrogens (tertiary/aromatic N) is 1.